The Morgan fingerprint density at radius 1 is 1.26 bits per heavy atom. The molecule has 0 radical (unpaired) electrons. The largest absolute Gasteiger partial charge is 0.486 e. The minimum absolute atomic E-state index is 0.306. The van der Waals surface area contributed by atoms with Crippen molar-refractivity contribution in [3.8, 4) is 0 Å². The SMILES string of the molecule is COC(=O)[C@@H](C)OC/C=C/B1OC(C)(C)C(C)(C)O1. The summed E-state index contributed by atoms with van der Waals surface area (Å²) in [6, 6.07) is 0. The van der Waals surface area contributed by atoms with Crippen molar-refractivity contribution in [3.63, 3.8) is 0 Å². The van der Waals surface area contributed by atoms with Crippen LogP contribution in [0.3, 0.4) is 0 Å². The summed E-state index contributed by atoms with van der Waals surface area (Å²) in [5.41, 5.74) is -0.690. The molecular weight excluding hydrogens is 247 g/mol. The van der Waals surface area contributed by atoms with Gasteiger partial charge in [0.05, 0.1) is 24.9 Å². The Morgan fingerprint density at radius 2 is 1.79 bits per heavy atom. The van der Waals surface area contributed by atoms with Gasteiger partial charge in [-0.15, -0.1) is 0 Å². The van der Waals surface area contributed by atoms with Crippen molar-refractivity contribution < 1.29 is 23.6 Å². The van der Waals surface area contributed by atoms with Crippen LogP contribution in [0.15, 0.2) is 12.1 Å². The van der Waals surface area contributed by atoms with Crippen LogP contribution in [-0.4, -0.2) is 44.1 Å². The van der Waals surface area contributed by atoms with Crippen LogP contribution in [0.2, 0.25) is 0 Å². The second-order valence-electron chi connectivity index (χ2n) is 5.55. The normalized spacial score (nSPS) is 22.7. The molecule has 5 nitrogen and oxygen atoms in total. The van der Waals surface area contributed by atoms with Gasteiger partial charge < -0.3 is 18.8 Å². The predicted octanol–water partition coefficient (Wildman–Crippen LogP) is 1.75. The van der Waals surface area contributed by atoms with Gasteiger partial charge in [-0.1, -0.05) is 12.1 Å². The molecular formula is C13H23BO5. The predicted molar refractivity (Wildman–Crippen MR) is 72.7 cm³/mol. The Hall–Kier alpha value is -0.845. The van der Waals surface area contributed by atoms with Crippen molar-refractivity contribution in [3.05, 3.63) is 12.1 Å². The molecule has 0 amide bonds. The Labute approximate surface area is 115 Å². The molecule has 19 heavy (non-hydrogen) atoms. The van der Waals surface area contributed by atoms with E-state index in [4.69, 9.17) is 14.0 Å². The lowest BCUT2D eigenvalue weighted by molar-refractivity contribution is -0.152. The number of methoxy groups -OCH3 is 1. The lowest BCUT2D eigenvalue weighted by Crippen LogP contribution is -2.41. The molecule has 1 heterocycles. The number of ether oxygens (including phenoxy) is 2. The number of hydrogen-bond donors (Lipinski definition) is 0. The summed E-state index contributed by atoms with van der Waals surface area (Å²) in [5.74, 6) is 1.41. The van der Waals surface area contributed by atoms with Gasteiger partial charge >= 0.3 is 13.1 Å². The van der Waals surface area contributed by atoms with E-state index in [-0.39, 0.29) is 24.3 Å². The molecule has 0 aromatic rings. The van der Waals surface area contributed by atoms with Crippen molar-refractivity contribution in [2.75, 3.05) is 13.7 Å². The van der Waals surface area contributed by atoms with Gasteiger partial charge in [0, 0.05) is 0 Å². The van der Waals surface area contributed by atoms with Gasteiger partial charge in [0.15, 0.2) is 6.10 Å². The number of rotatable bonds is 5. The third-order valence-electron chi connectivity index (χ3n) is 3.54. The fraction of sp³-hybridized carbons (Fsp3) is 0.769. The zero-order valence-electron chi connectivity index (χ0n) is 12.6. The van der Waals surface area contributed by atoms with Crippen molar-refractivity contribution in [1.29, 1.82) is 0 Å². The zero-order valence-corrected chi connectivity index (χ0v) is 12.6. The summed E-state index contributed by atoms with van der Waals surface area (Å²) in [6.45, 7) is 9.94. The average molecular weight is 270 g/mol. The first-order chi connectivity index (χ1) is 8.69. The molecule has 0 aromatic heterocycles. The van der Waals surface area contributed by atoms with Gasteiger partial charge in [0.25, 0.3) is 0 Å². The molecule has 1 aliphatic rings. The van der Waals surface area contributed by atoms with E-state index in [0.29, 0.717) is 6.61 Å². The van der Waals surface area contributed by atoms with E-state index in [2.05, 4.69) is 4.74 Å². The van der Waals surface area contributed by atoms with E-state index in [1.165, 1.54) is 7.11 Å². The minimum Gasteiger partial charge on any atom is -0.467 e. The van der Waals surface area contributed by atoms with E-state index in [9.17, 15) is 4.79 Å². The van der Waals surface area contributed by atoms with E-state index in [1.807, 2.05) is 27.7 Å². The molecule has 1 saturated heterocycles. The minimum atomic E-state index is -0.576. The Balaban J connectivity index is 2.38. The molecule has 1 rings (SSSR count). The van der Waals surface area contributed by atoms with Crippen LogP contribution in [0.25, 0.3) is 0 Å². The fourth-order valence-corrected chi connectivity index (χ4v) is 1.57. The van der Waals surface area contributed by atoms with Crippen molar-refractivity contribution in [2.24, 2.45) is 0 Å². The lowest BCUT2D eigenvalue weighted by Gasteiger charge is -2.32. The molecule has 0 N–H and O–H groups in total. The second kappa shape index (κ2) is 6.07. The summed E-state index contributed by atoms with van der Waals surface area (Å²) in [6.07, 6.45) is 1.20. The summed E-state index contributed by atoms with van der Waals surface area (Å²) in [7, 11) is 0.949. The van der Waals surface area contributed by atoms with Gasteiger partial charge in [-0.3, -0.25) is 0 Å². The number of carbonyl (C=O) groups is 1. The Morgan fingerprint density at radius 3 is 2.26 bits per heavy atom. The van der Waals surface area contributed by atoms with Crippen LogP contribution in [0.5, 0.6) is 0 Å². The first kappa shape index (κ1) is 16.2. The van der Waals surface area contributed by atoms with Crippen molar-refractivity contribution in [1.82, 2.24) is 0 Å². The molecule has 1 atom stereocenters. The first-order valence-electron chi connectivity index (χ1n) is 6.41. The molecule has 6 heteroatoms. The van der Waals surface area contributed by atoms with Crippen LogP contribution < -0.4 is 0 Å². The topological polar surface area (TPSA) is 54.0 Å². The van der Waals surface area contributed by atoms with Crippen molar-refractivity contribution >= 4 is 13.1 Å². The number of esters is 1. The maximum Gasteiger partial charge on any atom is 0.486 e. The highest BCUT2D eigenvalue weighted by Crippen LogP contribution is 2.36. The highest BCUT2D eigenvalue weighted by molar-refractivity contribution is 6.51. The molecule has 0 aromatic carbocycles. The molecule has 1 aliphatic heterocycles. The van der Waals surface area contributed by atoms with Gasteiger partial charge in [-0.2, -0.15) is 0 Å². The maximum atomic E-state index is 11.1. The third kappa shape index (κ3) is 4.06. The standard InChI is InChI=1S/C13H23BO5/c1-10(11(15)16-6)17-9-7-8-14-18-12(2,3)13(4,5)19-14/h7-8,10H,9H2,1-6H3/b8-7+/t10-/m1/s1. The highest BCUT2D eigenvalue weighted by Gasteiger charge is 2.49. The summed E-state index contributed by atoms with van der Waals surface area (Å²) >= 11 is 0. The molecule has 0 bridgehead atoms. The van der Waals surface area contributed by atoms with Crippen LogP contribution in [0, 0.1) is 0 Å². The lowest BCUT2D eigenvalue weighted by atomic mass is 9.90. The maximum absolute atomic E-state index is 11.1. The van der Waals surface area contributed by atoms with E-state index >= 15 is 0 Å². The summed E-state index contributed by atoms with van der Waals surface area (Å²) < 4.78 is 21.4. The van der Waals surface area contributed by atoms with Crippen LogP contribution in [0.1, 0.15) is 34.6 Å². The molecule has 108 valence electrons. The smallest absolute Gasteiger partial charge is 0.467 e. The number of hydrogen-bond acceptors (Lipinski definition) is 5. The number of carbonyl (C=O) groups excluding carboxylic acids is 1. The zero-order chi connectivity index (χ0) is 14.7. The van der Waals surface area contributed by atoms with Gasteiger partial charge in [0.2, 0.25) is 0 Å². The second-order valence-corrected chi connectivity index (χ2v) is 5.55. The monoisotopic (exact) mass is 270 g/mol. The van der Waals surface area contributed by atoms with Gasteiger partial charge in [0.1, 0.15) is 0 Å². The van der Waals surface area contributed by atoms with Crippen LogP contribution in [-0.2, 0) is 23.6 Å². The van der Waals surface area contributed by atoms with Crippen LogP contribution >= 0.6 is 0 Å². The molecule has 0 spiro atoms. The van der Waals surface area contributed by atoms with E-state index in [0.717, 1.165) is 0 Å². The third-order valence-corrected chi connectivity index (χ3v) is 3.54. The van der Waals surface area contributed by atoms with Crippen LogP contribution in [0.4, 0.5) is 0 Å². The summed E-state index contributed by atoms with van der Waals surface area (Å²) in [5, 5.41) is 0. The van der Waals surface area contributed by atoms with Gasteiger partial charge in [-0.25, -0.2) is 4.79 Å². The quantitative estimate of drug-likeness (QED) is 0.562. The highest BCUT2D eigenvalue weighted by atomic mass is 16.7. The summed E-state index contributed by atoms with van der Waals surface area (Å²) in [4.78, 5) is 11.1. The first-order valence-corrected chi connectivity index (χ1v) is 6.41. The van der Waals surface area contributed by atoms with E-state index < -0.39 is 6.10 Å². The fourth-order valence-electron chi connectivity index (χ4n) is 1.57. The molecule has 1 fully saturated rings. The Bertz CT molecular complexity index is 335. The van der Waals surface area contributed by atoms with E-state index in [1.54, 1.807) is 19.0 Å². The molecule has 0 unspecified atom stereocenters. The Kier molecular flexibility index (Phi) is 5.18. The molecule has 0 aliphatic carbocycles. The average Bonchev–Trinajstić information content (AvgIpc) is 2.52. The van der Waals surface area contributed by atoms with Gasteiger partial charge in [-0.05, 0) is 34.6 Å². The van der Waals surface area contributed by atoms with Crippen molar-refractivity contribution in [2.45, 2.75) is 51.9 Å². The molecule has 0 saturated carbocycles.